The minimum Gasteiger partial charge on any atom is -0.490 e. The third-order valence-electron chi connectivity index (χ3n) is 3.92. The van der Waals surface area contributed by atoms with Crippen molar-refractivity contribution in [1.29, 1.82) is 0 Å². The molecule has 0 spiro atoms. The second-order valence-electron chi connectivity index (χ2n) is 5.43. The summed E-state index contributed by atoms with van der Waals surface area (Å²) in [5.41, 5.74) is 1.62. The van der Waals surface area contributed by atoms with Crippen molar-refractivity contribution in [3.05, 3.63) is 23.8 Å². The van der Waals surface area contributed by atoms with E-state index in [9.17, 15) is 0 Å². The Hall–Kier alpha value is -0.700. The van der Waals surface area contributed by atoms with Crippen molar-refractivity contribution in [2.24, 2.45) is 0 Å². The molecule has 106 valence electrons. The summed E-state index contributed by atoms with van der Waals surface area (Å²) < 4.78 is 11.4. The van der Waals surface area contributed by atoms with Crippen LogP contribution in [0, 0.1) is 0 Å². The highest BCUT2D eigenvalue weighted by atomic mass is 79.9. The van der Waals surface area contributed by atoms with Crippen LogP contribution in [-0.2, 0) is 5.41 Å². The molecule has 0 bridgehead atoms. The third-order valence-corrected chi connectivity index (χ3v) is 4.70. The van der Waals surface area contributed by atoms with Crippen molar-refractivity contribution in [2.45, 2.75) is 50.3 Å². The van der Waals surface area contributed by atoms with E-state index in [-0.39, 0.29) is 5.41 Å². The fourth-order valence-electron chi connectivity index (χ4n) is 2.86. The molecule has 1 aliphatic rings. The van der Waals surface area contributed by atoms with E-state index in [0.717, 1.165) is 11.5 Å². The lowest BCUT2D eigenvalue weighted by atomic mass is 9.81. The Labute approximate surface area is 124 Å². The van der Waals surface area contributed by atoms with E-state index >= 15 is 0 Å². The van der Waals surface area contributed by atoms with E-state index in [4.69, 9.17) is 9.47 Å². The predicted octanol–water partition coefficient (Wildman–Crippen LogP) is 4.69. The van der Waals surface area contributed by atoms with Gasteiger partial charge in [-0.3, -0.25) is 0 Å². The van der Waals surface area contributed by atoms with Crippen molar-refractivity contribution in [1.82, 2.24) is 0 Å². The molecule has 19 heavy (non-hydrogen) atoms. The molecule has 0 radical (unpaired) electrons. The van der Waals surface area contributed by atoms with E-state index in [2.05, 4.69) is 41.1 Å². The molecule has 1 aromatic carbocycles. The molecule has 0 amide bonds. The van der Waals surface area contributed by atoms with Gasteiger partial charge in [-0.25, -0.2) is 0 Å². The first-order valence-corrected chi connectivity index (χ1v) is 8.05. The van der Waals surface area contributed by atoms with Crippen LogP contribution in [0.1, 0.15) is 45.6 Å². The molecule has 1 saturated carbocycles. The van der Waals surface area contributed by atoms with Crippen LogP contribution < -0.4 is 9.47 Å². The lowest BCUT2D eigenvalue weighted by Gasteiger charge is -2.25. The van der Waals surface area contributed by atoms with Crippen molar-refractivity contribution in [2.75, 3.05) is 13.2 Å². The van der Waals surface area contributed by atoms with Crippen LogP contribution in [-0.4, -0.2) is 18.0 Å². The standard InChI is InChI=1S/C16H23BrO2/c1-4-18-14-7-6-12(10-15(14)19-5-2)16(3)9-8-13(17)11-16/h6-7,10,13H,4-5,8-9,11H2,1-3H3. The summed E-state index contributed by atoms with van der Waals surface area (Å²) in [6.45, 7) is 7.69. The van der Waals surface area contributed by atoms with Gasteiger partial charge in [-0.2, -0.15) is 0 Å². The van der Waals surface area contributed by atoms with Crippen LogP contribution in [0.15, 0.2) is 18.2 Å². The quantitative estimate of drug-likeness (QED) is 0.731. The van der Waals surface area contributed by atoms with Crippen LogP contribution >= 0.6 is 15.9 Å². The van der Waals surface area contributed by atoms with Gasteiger partial charge in [0.25, 0.3) is 0 Å². The summed E-state index contributed by atoms with van der Waals surface area (Å²) in [6.07, 6.45) is 3.66. The first kappa shape index (κ1) is 14.7. The largest absolute Gasteiger partial charge is 0.490 e. The molecule has 0 saturated heterocycles. The second-order valence-corrected chi connectivity index (χ2v) is 6.72. The first-order valence-electron chi connectivity index (χ1n) is 7.13. The molecule has 1 fully saturated rings. The number of benzene rings is 1. The molecule has 1 aliphatic carbocycles. The van der Waals surface area contributed by atoms with Gasteiger partial charge in [0, 0.05) is 4.83 Å². The summed E-state index contributed by atoms with van der Waals surface area (Å²) in [4.78, 5) is 0.639. The van der Waals surface area contributed by atoms with Gasteiger partial charge in [-0.15, -0.1) is 0 Å². The Kier molecular flexibility index (Phi) is 4.77. The molecular formula is C16H23BrO2. The maximum absolute atomic E-state index is 5.72. The number of rotatable bonds is 5. The molecule has 0 heterocycles. The van der Waals surface area contributed by atoms with Crippen LogP contribution in [0.3, 0.4) is 0 Å². The average Bonchev–Trinajstić information content (AvgIpc) is 2.73. The third kappa shape index (κ3) is 3.25. The molecule has 0 aliphatic heterocycles. The molecule has 2 rings (SSSR count). The van der Waals surface area contributed by atoms with Gasteiger partial charge in [0.1, 0.15) is 0 Å². The van der Waals surface area contributed by atoms with Crippen molar-refractivity contribution < 1.29 is 9.47 Å². The highest BCUT2D eigenvalue weighted by molar-refractivity contribution is 9.09. The zero-order chi connectivity index (χ0) is 13.9. The van der Waals surface area contributed by atoms with E-state index in [1.165, 1.54) is 24.8 Å². The molecule has 1 aromatic rings. The second kappa shape index (κ2) is 6.17. The minimum atomic E-state index is 0.255. The van der Waals surface area contributed by atoms with Gasteiger partial charge in [0.2, 0.25) is 0 Å². The molecule has 0 aromatic heterocycles. The number of halogens is 1. The fraction of sp³-hybridized carbons (Fsp3) is 0.625. The Balaban J connectivity index is 2.29. The van der Waals surface area contributed by atoms with E-state index < -0.39 is 0 Å². The van der Waals surface area contributed by atoms with Gasteiger partial charge in [-0.05, 0) is 56.2 Å². The summed E-state index contributed by atoms with van der Waals surface area (Å²) >= 11 is 3.74. The van der Waals surface area contributed by atoms with Gasteiger partial charge < -0.3 is 9.47 Å². The topological polar surface area (TPSA) is 18.5 Å². The zero-order valence-electron chi connectivity index (χ0n) is 12.0. The number of hydrogen-bond acceptors (Lipinski definition) is 2. The van der Waals surface area contributed by atoms with Gasteiger partial charge in [0.15, 0.2) is 11.5 Å². The Morgan fingerprint density at radius 2 is 1.89 bits per heavy atom. The Morgan fingerprint density at radius 3 is 2.47 bits per heavy atom. The maximum Gasteiger partial charge on any atom is 0.161 e. The summed E-state index contributed by atoms with van der Waals surface area (Å²) in [5, 5.41) is 0. The fourth-order valence-corrected chi connectivity index (χ4v) is 3.80. The highest BCUT2D eigenvalue weighted by Gasteiger charge is 2.35. The minimum absolute atomic E-state index is 0.255. The average molecular weight is 327 g/mol. The van der Waals surface area contributed by atoms with E-state index in [0.29, 0.717) is 18.0 Å². The molecule has 0 N–H and O–H groups in total. The van der Waals surface area contributed by atoms with Crippen molar-refractivity contribution in [3.8, 4) is 11.5 Å². The highest BCUT2D eigenvalue weighted by Crippen LogP contribution is 2.45. The maximum atomic E-state index is 5.72. The SMILES string of the molecule is CCOc1ccc(C2(C)CCC(Br)C2)cc1OCC. The van der Waals surface area contributed by atoms with Crippen molar-refractivity contribution in [3.63, 3.8) is 0 Å². The monoisotopic (exact) mass is 326 g/mol. The molecule has 2 unspecified atom stereocenters. The van der Waals surface area contributed by atoms with Gasteiger partial charge in [0.05, 0.1) is 13.2 Å². The van der Waals surface area contributed by atoms with Crippen LogP contribution in [0.4, 0.5) is 0 Å². The molecule has 2 nitrogen and oxygen atoms in total. The number of alkyl halides is 1. The molecular weight excluding hydrogens is 304 g/mol. The van der Waals surface area contributed by atoms with Gasteiger partial charge in [-0.1, -0.05) is 28.9 Å². The van der Waals surface area contributed by atoms with Gasteiger partial charge >= 0.3 is 0 Å². The van der Waals surface area contributed by atoms with Crippen LogP contribution in [0.5, 0.6) is 11.5 Å². The predicted molar refractivity (Wildman–Crippen MR) is 82.7 cm³/mol. The first-order chi connectivity index (χ1) is 9.09. The zero-order valence-corrected chi connectivity index (χ0v) is 13.6. The summed E-state index contributed by atoms with van der Waals surface area (Å²) in [6, 6.07) is 6.41. The van der Waals surface area contributed by atoms with E-state index in [1.54, 1.807) is 0 Å². The van der Waals surface area contributed by atoms with E-state index in [1.807, 2.05) is 13.8 Å². The summed E-state index contributed by atoms with van der Waals surface area (Å²) in [5.74, 6) is 1.73. The number of hydrogen-bond donors (Lipinski definition) is 0. The number of ether oxygens (including phenoxy) is 2. The molecule has 3 heteroatoms. The Bertz CT molecular complexity index is 433. The lowest BCUT2D eigenvalue weighted by Crippen LogP contribution is -2.18. The van der Waals surface area contributed by atoms with Crippen molar-refractivity contribution >= 4 is 15.9 Å². The lowest BCUT2D eigenvalue weighted by molar-refractivity contribution is 0.286. The summed E-state index contributed by atoms with van der Waals surface area (Å²) in [7, 11) is 0. The Morgan fingerprint density at radius 1 is 1.21 bits per heavy atom. The van der Waals surface area contributed by atoms with Crippen LogP contribution in [0.25, 0.3) is 0 Å². The van der Waals surface area contributed by atoms with Crippen LogP contribution in [0.2, 0.25) is 0 Å². The normalized spacial score (nSPS) is 26.4. The molecule has 2 atom stereocenters. The smallest absolute Gasteiger partial charge is 0.161 e.